The first-order chi connectivity index (χ1) is 15.1. The Bertz CT molecular complexity index is 1030. The maximum Gasteiger partial charge on any atom is 0.255 e. The summed E-state index contributed by atoms with van der Waals surface area (Å²) in [6, 6.07) is 27.3. The molecule has 1 N–H and O–H groups in total. The van der Waals surface area contributed by atoms with Crippen molar-refractivity contribution >= 4 is 11.8 Å². The van der Waals surface area contributed by atoms with E-state index in [9.17, 15) is 9.59 Å². The van der Waals surface area contributed by atoms with Gasteiger partial charge in [-0.15, -0.1) is 0 Å². The van der Waals surface area contributed by atoms with Crippen molar-refractivity contribution in [3.05, 3.63) is 107 Å². The average molecular weight is 413 g/mol. The largest absolute Gasteiger partial charge is 0.354 e. The van der Waals surface area contributed by atoms with Gasteiger partial charge in [0.2, 0.25) is 5.91 Å². The number of rotatable bonds is 8. The standard InChI is InChI=1S/C27H28N2O2/c1-20(22-12-6-3-7-13-22)17-19-29-25(23-14-8-9-15-24(23)27(29)31)26(30)28-18-16-21-10-4-2-5-11-21/h2-15,20,25H,16-19H2,1H3,(H,28,30). The second-order valence-electron chi connectivity index (χ2n) is 8.12. The van der Waals surface area contributed by atoms with Gasteiger partial charge in [-0.25, -0.2) is 0 Å². The monoisotopic (exact) mass is 412 g/mol. The van der Waals surface area contributed by atoms with Gasteiger partial charge in [0.15, 0.2) is 0 Å². The summed E-state index contributed by atoms with van der Waals surface area (Å²) in [5.41, 5.74) is 3.87. The van der Waals surface area contributed by atoms with Crippen LogP contribution in [0.15, 0.2) is 84.9 Å². The van der Waals surface area contributed by atoms with Crippen LogP contribution in [-0.4, -0.2) is 29.8 Å². The molecule has 0 radical (unpaired) electrons. The number of hydrogen-bond acceptors (Lipinski definition) is 2. The summed E-state index contributed by atoms with van der Waals surface area (Å²) in [5, 5.41) is 3.05. The molecule has 1 aliphatic heterocycles. The van der Waals surface area contributed by atoms with E-state index >= 15 is 0 Å². The summed E-state index contributed by atoms with van der Waals surface area (Å²) in [6.45, 7) is 3.25. The first kappa shape index (κ1) is 20.9. The number of carbonyl (C=O) groups is 2. The molecule has 3 aromatic carbocycles. The molecule has 0 aliphatic carbocycles. The summed E-state index contributed by atoms with van der Waals surface area (Å²) in [5.74, 6) is 0.139. The molecule has 0 fully saturated rings. The lowest BCUT2D eigenvalue weighted by atomic mass is 9.97. The van der Waals surface area contributed by atoms with Gasteiger partial charge < -0.3 is 10.2 Å². The molecule has 158 valence electrons. The Labute approximate surface area is 183 Å². The molecule has 1 heterocycles. The van der Waals surface area contributed by atoms with E-state index in [1.165, 1.54) is 11.1 Å². The molecule has 0 spiro atoms. The third-order valence-corrected chi connectivity index (χ3v) is 6.03. The lowest BCUT2D eigenvalue weighted by Gasteiger charge is -2.26. The van der Waals surface area contributed by atoms with Gasteiger partial charge in [-0.2, -0.15) is 0 Å². The highest BCUT2D eigenvalue weighted by atomic mass is 16.2. The zero-order valence-electron chi connectivity index (χ0n) is 17.8. The van der Waals surface area contributed by atoms with Crippen molar-refractivity contribution in [1.29, 1.82) is 0 Å². The van der Waals surface area contributed by atoms with Gasteiger partial charge in [-0.05, 0) is 41.5 Å². The van der Waals surface area contributed by atoms with Crippen LogP contribution in [0, 0.1) is 0 Å². The van der Waals surface area contributed by atoms with Crippen molar-refractivity contribution in [2.75, 3.05) is 13.1 Å². The van der Waals surface area contributed by atoms with Gasteiger partial charge in [0.05, 0.1) is 0 Å². The van der Waals surface area contributed by atoms with Crippen molar-refractivity contribution in [3.8, 4) is 0 Å². The lowest BCUT2D eigenvalue weighted by Crippen LogP contribution is -2.40. The van der Waals surface area contributed by atoms with Crippen LogP contribution in [-0.2, 0) is 11.2 Å². The molecule has 4 rings (SSSR count). The second kappa shape index (κ2) is 9.61. The number of hydrogen-bond donors (Lipinski definition) is 1. The van der Waals surface area contributed by atoms with Gasteiger partial charge >= 0.3 is 0 Å². The molecular weight excluding hydrogens is 384 g/mol. The molecule has 1 aliphatic rings. The number of nitrogens with one attached hydrogen (secondary N) is 1. The molecule has 0 bridgehead atoms. The SMILES string of the molecule is CC(CCN1C(=O)c2ccccc2C1C(=O)NCCc1ccccc1)c1ccccc1. The summed E-state index contributed by atoms with van der Waals surface area (Å²) >= 11 is 0. The summed E-state index contributed by atoms with van der Waals surface area (Å²) < 4.78 is 0. The Kier molecular flexibility index (Phi) is 6.46. The molecule has 0 saturated carbocycles. The van der Waals surface area contributed by atoms with Gasteiger partial charge in [-0.1, -0.05) is 85.8 Å². The van der Waals surface area contributed by atoms with Crippen LogP contribution >= 0.6 is 0 Å². The van der Waals surface area contributed by atoms with Crippen LogP contribution in [0.3, 0.4) is 0 Å². The highest BCUT2D eigenvalue weighted by Crippen LogP contribution is 2.34. The molecule has 0 aromatic heterocycles. The van der Waals surface area contributed by atoms with E-state index in [1.54, 1.807) is 4.90 Å². The van der Waals surface area contributed by atoms with Crippen LogP contribution in [0.4, 0.5) is 0 Å². The predicted molar refractivity (Wildman–Crippen MR) is 123 cm³/mol. The quantitative estimate of drug-likeness (QED) is 0.581. The minimum Gasteiger partial charge on any atom is -0.354 e. The molecule has 3 aromatic rings. The van der Waals surface area contributed by atoms with Crippen LogP contribution in [0.2, 0.25) is 0 Å². The summed E-state index contributed by atoms with van der Waals surface area (Å²) in [4.78, 5) is 28.0. The number of carbonyl (C=O) groups excluding carboxylic acids is 2. The topological polar surface area (TPSA) is 49.4 Å². The van der Waals surface area contributed by atoms with E-state index in [0.29, 0.717) is 24.6 Å². The van der Waals surface area contributed by atoms with Gasteiger partial charge in [0.25, 0.3) is 5.91 Å². The van der Waals surface area contributed by atoms with E-state index in [1.807, 2.05) is 60.7 Å². The molecule has 0 saturated heterocycles. The first-order valence-electron chi connectivity index (χ1n) is 10.9. The molecule has 2 atom stereocenters. The van der Waals surface area contributed by atoms with Crippen molar-refractivity contribution in [1.82, 2.24) is 10.2 Å². The van der Waals surface area contributed by atoms with Crippen LogP contribution in [0.1, 0.15) is 52.4 Å². The fourth-order valence-electron chi connectivity index (χ4n) is 4.24. The van der Waals surface area contributed by atoms with E-state index in [2.05, 4.69) is 36.5 Å². The maximum atomic E-state index is 13.2. The molecule has 4 heteroatoms. The zero-order valence-corrected chi connectivity index (χ0v) is 17.8. The minimum absolute atomic E-state index is 0.0564. The molecule has 2 unspecified atom stereocenters. The summed E-state index contributed by atoms with van der Waals surface area (Å²) in [7, 11) is 0. The lowest BCUT2D eigenvalue weighted by molar-refractivity contribution is -0.125. The first-order valence-corrected chi connectivity index (χ1v) is 10.9. The van der Waals surface area contributed by atoms with Gasteiger partial charge in [0.1, 0.15) is 6.04 Å². The number of amides is 2. The van der Waals surface area contributed by atoms with Crippen LogP contribution in [0.5, 0.6) is 0 Å². The second-order valence-corrected chi connectivity index (χ2v) is 8.12. The smallest absolute Gasteiger partial charge is 0.255 e. The Balaban J connectivity index is 1.45. The Morgan fingerprint density at radius 1 is 0.935 bits per heavy atom. The van der Waals surface area contributed by atoms with Crippen LogP contribution in [0.25, 0.3) is 0 Å². The third kappa shape index (κ3) is 4.69. The van der Waals surface area contributed by atoms with E-state index < -0.39 is 6.04 Å². The molecule has 31 heavy (non-hydrogen) atoms. The normalized spacial score (nSPS) is 16.1. The van der Waals surface area contributed by atoms with Crippen molar-refractivity contribution in [3.63, 3.8) is 0 Å². The number of fused-ring (bicyclic) bond motifs is 1. The van der Waals surface area contributed by atoms with E-state index in [-0.39, 0.29) is 11.8 Å². The molecule has 2 amide bonds. The highest BCUT2D eigenvalue weighted by molar-refractivity contribution is 6.04. The predicted octanol–water partition coefficient (Wildman–Crippen LogP) is 4.74. The average Bonchev–Trinajstić information content (AvgIpc) is 3.10. The van der Waals surface area contributed by atoms with E-state index in [0.717, 1.165) is 18.4 Å². The fourth-order valence-corrected chi connectivity index (χ4v) is 4.24. The maximum absolute atomic E-state index is 13.2. The third-order valence-electron chi connectivity index (χ3n) is 6.03. The minimum atomic E-state index is -0.567. The Morgan fingerprint density at radius 3 is 2.32 bits per heavy atom. The Morgan fingerprint density at radius 2 is 1.58 bits per heavy atom. The molecule has 4 nitrogen and oxygen atoms in total. The zero-order chi connectivity index (χ0) is 21.6. The van der Waals surface area contributed by atoms with Crippen molar-refractivity contribution < 1.29 is 9.59 Å². The van der Waals surface area contributed by atoms with E-state index in [4.69, 9.17) is 0 Å². The van der Waals surface area contributed by atoms with Gasteiger partial charge in [-0.3, -0.25) is 9.59 Å². The number of benzene rings is 3. The molecular formula is C27H28N2O2. The Hall–Kier alpha value is -3.40. The highest BCUT2D eigenvalue weighted by Gasteiger charge is 2.40. The van der Waals surface area contributed by atoms with Crippen molar-refractivity contribution in [2.45, 2.75) is 31.7 Å². The number of nitrogens with zero attached hydrogens (tertiary/aromatic N) is 1. The van der Waals surface area contributed by atoms with Crippen LogP contribution < -0.4 is 5.32 Å². The van der Waals surface area contributed by atoms with Gasteiger partial charge in [0, 0.05) is 18.7 Å². The summed E-state index contributed by atoms with van der Waals surface area (Å²) in [6.07, 6.45) is 1.57. The fraction of sp³-hybridized carbons (Fsp3) is 0.259. The van der Waals surface area contributed by atoms with Crippen molar-refractivity contribution in [2.24, 2.45) is 0 Å².